The van der Waals surface area contributed by atoms with Crippen LogP contribution in [0.25, 0.3) is 0 Å². The summed E-state index contributed by atoms with van der Waals surface area (Å²) in [5.41, 5.74) is 1.03. The van der Waals surface area contributed by atoms with Gasteiger partial charge in [0.25, 0.3) is 0 Å². The van der Waals surface area contributed by atoms with Gasteiger partial charge in [-0.05, 0) is 19.3 Å². The van der Waals surface area contributed by atoms with Gasteiger partial charge in [0.15, 0.2) is 0 Å². The largest absolute Gasteiger partial charge is 0.380 e. The lowest BCUT2D eigenvalue weighted by molar-refractivity contribution is 0.152. The normalized spacial score (nSPS) is 20.8. The molecule has 2 fully saturated rings. The smallest absolute Gasteiger partial charge is 0.147 e. The average molecular weight is 248 g/mol. The molecule has 0 unspecified atom stereocenters. The van der Waals surface area contributed by atoms with Crippen molar-refractivity contribution >= 4 is 5.82 Å². The summed E-state index contributed by atoms with van der Waals surface area (Å²) in [5, 5.41) is 3.47. The van der Waals surface area contributed by atoms with Gasteiger partial charge in [0.05, 0.1) is 18.5 Å². The van der Waals surface area contributed by atoms with Gasteiger partial charge in [-0.2, -0.15) is 0 Å². The molecule has 0 bridgehead atoms. The van der Waals surface area contributed by atoms with E-state index < -0.39 is 0 Å². The summed E-state index contributed by atoms with van der Waals surface area (Å²) in [5.74, 6) is 0.982. The lowest BCUT2D eigenvalue weighted by Crippen LogP contribution is -2.27. The number of aromatic nitrogens is 2. The van der Waals surface area contributed by atoms with Gasteiger partial charge >= 0.3 is 0 Å². The van der Waals surface area contributed by atoms with Crippen molar-refractivity contribution < 1.29 is 4.74 Å². The molecule has 1 saturated carbocycles. The molecule has 0 amide bonds. The molecule has 2 aliphatic rings. The second-order valence-electron chi connectivity index (χ2n) is 4.98. The van der Waals surface area contributed by atoms with E-state index in [9.17, 15) is 0 Å². The number of hydrogen-bond acceptors (Lipinski definition) is 5. The summed E-state index contributed by atoms with van der Waals surface area (Å²) in [6.45, 7) is 4.39. The van der Waals surface area contributed by atoms with Gasteiger partial charge in [-0.15, -0.1) is 0 Å². The second kappa shape index (κ2) is 5.63. The molecule has 2 heterocycles. The summed E-state index contributed by atoms with van der Waals surface area (Å²) in [7, 11) is 0. The summed E-state index contributed by atoms with van der Waals surface area (Å²) in [6.07, 6.45) is 7.37. The second-order valence-corrected chi connectivity index (χ2v) is 4.98. The van der Waals surface area contributed by atoms with Crippen LogP contribution in [0.1, 0.15) is 25.0 Å². The van der Waals surface area contributed by atoms with Crippen molar-refractivity contribution in [2.45, 2.75) is 31.8 Å². The predicted molar refractivity (Wildman–Crippen MR) is 69.5 cm³/mol. The first-order chi connectivity index (χ1) is 8.92. The monoisotopic (exact) mass is 248 g/mol. The van der Waals surface area contributed by atoms with Crippen LogP contribution in [-0.2, 0) is 11.3 Å². The Labute approximate surface area is 108 Å². The van der Waals surface area contributed by atoms with Crippen LogP contribution in [-0.4, -0.2) is 42.3 Å². The highest BCUT2D eigenvalue weighted by atomic mass is 16.5. The third-order valence-corrected chi connectivity index (χ3v) is 3.37. The van der Waals surface area contributed by atoms with Crippen molar-refractivity contribution in [3.05, 3.63) is 18.1 Å². The Hall–Kier alpha value is -1.20. The summed E-state index contributed by atoms with van der Waals surface area (Å²) in [4.78, 5) is 11.3. The third kappa shape index (κ3) is 3.17. The summed E-state index contributed by atoms with van der Waals surface area (Å²) < 4.78 is 5.46. The molecule has 98 valence electrons. The van der Waals surface area contributed by atoms with Gasteiger partial charge in [-0.3, -0.25) is 4.98 Å². The Bertz CT molecular complexity index is 386. The quantitative estimate of drug-likeness (QED) is 0.860. The van der Waals surface area contributed by atoms with E-state index in [0.29, 0.717) is 6.04 Å². The maximum Gasteiger partial charge on any atom is 0.147 e. The Morgan fingerprint density at radius 3 is 3.11 bits per heavy atom. The van der Waals surface area contributed by atoms with Gasteiger partial charge in [-0.25, -0.2) is 4.98 Å². The van der Waals surface area contributed by atoms with Gasteiger partial charge < -0.3 is 15.0 Å². The molecule has 0 atom stereocenters. The fourth-order valence-electron chi connectivity index (χ4n) is 2.14. The average Bonchev–Trinajstić information content (AvgIpc) is 3.24. The SMILES string of the molecule is c1ncc(N2CCCOCC2)nc1CNC1CC1. The van der Waals surface area contributed by atoms with Crippen LogP contribution in [0.5, 0.6) is 0 Å². The van der Waals surface area contributed by atoms with Crippen LogP contribution < -0.4 is 10.2 Å². The molecule has 5 nitrogen and oxygen atoms in total. The summed E-state index contributed by atoms with van der Waals surface area (Å²) in [6, 6.07) is 0.710. The Balaban J connectivity index is 1.64. The van der Waals surface area contributed by atoms with Gasteiger partial charge in [0, 0.05) is 38.5 Å². The molecule has 1 N–H and O–H groups in total. The first-order valence-electron chi connectivity index (χ1n) is 6.79. The molecule has 18 heavy (non-hydrogen) atoms. The van der Waals surface area contributed by atoms with Gasteiger partial charge in [0.2, 0.25) is 0 Å². The van der Waals surface area contributed by atoms with E-state index in [2.05, 4.69) is 20.2 Å². The molecule has 5 heteroatoms. The van der Waals surface area contributed by atoms with E-state index in [0.717, 1.165) is 50.8 Å². The van der Waals surface area contributed by atoms with Crippen molar-refractivity contribution in [3.8, 4) is 0 Å². The molecule has 3 rings (SSSR count). The lowest BCUT2D eigenvalue weighted by Gasteiger charge is -2.20. The van der Waals surface area contributed by atoms with Crippen LogP contribution in [0.3, 0.4) is 0 Å². The Kier molecular flexibility index (Phi) is 3.71. The van der Waals surface area contributed by atoms with E-state index in [1.54, 1.807) is 0 Å². The zero-order valence-electron chi connectivity index (χ0n) is 10.6. The molecule has 1 saturated heterocycles. The van der Waals surface area contributed by atoms with E-state index >= 15 is 0 Å². The third-order valence-electron chi connectivity index (χ3n) is 3.37. The number of anilines is 1. The van der Waals surface area contributed by atoms with Crippen LogP contribution in [0, 0.1) is 0 Å². The number of nitrogens with one attached hydrogen (secondary N) is 1. The summed E-state index contributed by atoms with van der Waals surface area (Å²) >= 11 is 0. The molecule has 0 radical (unpaired) electrons. The molecular weight excluding hydrogens is 228 g/mol. The fraction of sp³-hybridized carbons (Fsp3) is 0.692. The molecule has 1 aromatic rings. The molecule has 1 aliphatic heterocycles. The molecular formula is C13H20N4O. The Morgan fingerprint density at radius 1 is 1.28 bits per heavy atom. The molecule has 0 spiro atoms. The van der Waals surface area contributed by atoms with E-state index in [-0.39, 0.29) is 0 Å². The minimum Gasteiger partial charge on any atom is -0.380 e. The van der Waals surface area contributed by atoms with Crippen LogP contribution in [0.2, 0.25) is 0 Å². The van der Waals surface area contributed by atoms with Crippen LogP contribution in [0.15, 0.2) is 12.4 Å². The van der Waals surface area contributed by atoms with Gasteiger partial charge in [0.1, 0.15) is 5.82 Å². The van der Waals surface area contributed by atoms with E-state index in [1.807, 2.05) is 12.4 Å². The highest BCUT2D eigenvalue weighted by Gasteiger charge is 2.20. The topological polar surface area (TPSA) is 50.3 Å². The van der Waals surface area contributed by atoms with E-state index in [1.165, 1.54) is 12.8 Å². The molecule has 1 aromatic heterocycles. The van der Waals surface area contributed by atoms with Crippen molar-refractivity contribution in [2.75, 3.05) is 31.2 Å². The zero-order chi connectivity index (χ0) is 12.2. The molecule has 1 aliphatic carbocycles. The first kappa shape index (κ1) is 11.9. The van der Waals surface area contributed by atoms with Crippen LogP contribution in [0.4, 0.5) is 5.82 Å². The zero-order valence-corrected chi connectivity index (χ0v) is 10.6. The predicted octanol–water partition coefficient (Wildman–Crippen LogP) is 0.955. The highest BCUT2D eigenvalue weighted by Crippen LogP contribution is 2.19. The van der Waals surface area contributed by atoms with Crippen molar-refractivity contribution in [1.82, 2.24) is 15.3 Å². The lowest BCUT2D eigenvalue weighted by atomic mass is 10.4. The fourth-order valence-corrected chi connectivity index (χ4v) is 2.14. The Morgan fingerprint density at radius 2 is 2.22 bits per heavy atom. The number of nitrogens with zero attached hydrogens (tertiary/aromatic N) is 3. The van der Waals surface area contributed by atoms with Gasteiger partial charge in [-0.1, -0.05) is 0 Å². The standard InChI is InChI=1S/C13H20N4O/c1-4-17(5-7-18-6-1)13-10-14-8-12(16-13)9-15-11-2-3-11/h8,10-11,15H,1-7,9H2. The van der Waals surface area contributed by atoms with Crippen molar-refractivity contribution in [1.29, 1.82) is 0 Å². The van der Waals surface area contributed by atoms with Crippen molar-refractivity contribution in [2.24, 2.45) is 0 Å². The highest BCUT2D eigenvalue weighted by molar-refractivity contribution is 5.36. The maximum absolute atomic E-state index is 5.46. The number of ether oxygens (including phenoxy) is 1. The van der Waals surface area contributed by atoms with E-state index in [4.69, 9.17) is 4.74 Å². The number of rotatable bonds is 4. The van der Waals surface area contributed by atoms with Crippen LogP contribution >= 0.6 is 0 Å². The molecule has 0 aromatic carbocycles. The minimum absolute atomic E-state index is 0.710. The number of hydrogen-bond donors (Lipinski definition) is 1. The maximum atomic E-state index is 5.46. The minimum atomic E-state index is 0.710. The van der Waals surface area contributed by atoms with Crippen molar-refractivity contribution in [3.63, 3.8) is 0 Å². The first-order valence-corrected chi connectivity index (χ1v) is 6.79.